The maximum absolute atomic E-state index is 12.9. The maximum Gasteiger partial charge on any atom is 0.224 e. The molecule has 0 bridgehead atoms. The molecule has 2 atom stereocenters. The van der Waals surface area contributed by atoms with Crippen LogP contribution in [-0.2, 0) is 4.79 Å². The summed E-state index contributed by atoms with van der Waals surface area (Å²) in [5.74, 6) is -0.0257. The predicted molar refractivity (Wildman–Crippen MR) is 102 cm³/mol. The van der Waals surface area contributed by atoms with E-state index in [2.05, 4.69) is 0 Å². The topological polar surface area (TPSA) is 72.6 Å². The van der Waals surface area contributed by atoms with Gasteiger partial charge in [-0.15, -0.1) is 0 Å². The number of benzene rings is 1. The first kappa shape index (κ1) is 19.3. The van der Waals surface area contributed by atoms with Crippen LogP contribution in [0.15, 0.2) is 29.3 Å². The van der Waals surface area contributed by atoms with Crippen molar-refractivity contribution >= 4 is 44.6 Å². The normalized spacial score (nSPS) is 21.9. The van der Waals surface area contributed by atoms with Crippen molar-refractivity contribution in [2.24, 2.45) is 10.9 Å². The molecule has 24 heavy (non-hydrogen) atoms. The second-order valence-corrected chi connectivity index (χ2v) is 8.71. The lowest BCUT2D eigenvalue weighted by atomic mass is 9.73. The van der Waals surface area contributed by atoms with Gasteiger partial charge in [0, 0.05) is 9.95 Å². The molecule has 0 saturated carbocycles. The number of nitrogens with zero attached hydrogens (tertiary/aromatic N) is 2. The van der Waals surface area contributed by atoms with Crippen LogP contribution in [-0.4, -0.2) is 32.3 Å². The molecule has 0 fully saturated rings. The SMILES string of the molecule is CCSC1=N[C@@](C(C)C)([C@H](C[N+](=O)[O-])c2cccc(Cl)c2)C(=O)S1. The van der Waals surface area contributed by atoms with Gasteiger partial charge in [0.1, 0.15) is 9.91 Å². The number of hydrogen-bond acceptors (Lipinski definition) is 6. The summed E-state index contributed by atoms with van der Waals surface area (Å²) in [4.78, 5) is 28.5. The molecule has 1 aliphatic rings. The molecule has 1 aromatic carbocycles. The molecular formula is C16H19ClN2O3S2. The molecule has 8 heteroatoms. The monoisotopic (exact) mass is 386 g/mol. The van der Waals surface area contributed by atoms with Crippen LogP contribution in [0.1, 0.15) is 32.3 Å². The Morgan fingerprint density at radius 1 is 1.46 bits per heavy atom. The number of aliphatic imine (C=N–C) groups is 1. The molecule has 0 spiro atoms. The molecule has 0 unspecified atom stereocenters. The predicted octanol–water partition coefficient (Wildman–Crippen LogP) is 4.48. The summed E-state index contributed by atoms with van der Waals surface area (Å²) in [7, 11) is 0. The Hall–Kier alpha value is -1.05. The van der Waals surface area contributed by atoms with E-state index in [0.717, 1.165) is 17.5 Å². The van der Waals surface area contributed by atoms with Gasteiger partial charge in [0.15, 0.2) is 0 Å². The van der Waals surface area contributed by atoms with Crippen LogP contribution in [0.25, 0.3) is 0 Å². The minimum Gasteiger partial charge on any atom is -0.284 e. The van der Waals surface area contributed by atoms with Gasteiger partial charge in [0.25, 0.3) is 0 Å². The second kappa shape index (κ2) is 7.89. The van der Waals surface area contributed by atoms with Crippen molar-refractivity contribution in [3.05, 3.63) is 45.0 Å². The summed E-state index contributed by atoms with van der Waals surface area (Å²) in [5, 5.41) is 11.7. The fourth-order valence-electron chi connectivity index (χ4n) is 2.92. The van der Waals surface area contributed by atoms with Gasteiger partial charge in [-0.05, 0) is 41.1 Å². The first-order valence-corrected chi connectivity index (χ1v) is 9.81. The first-order chi connectivity index (χ1) is 11.3. The number of thioether (sulfide) groups is 2. The van der Waals surface area contributed by atoms with Gasteiger partial charge in [-0.1, -0.05) is 56.3 Å². The van der Waals surface area contributed by atoms with Gasteiger partial charge in [-0.3, -0.25) is 19.9 Å². The highest BCUT2D eigenvalue weighted by Crippen LogP contribution is 2.48. The number of carbonyl (C=O) groups excluding carboxylic acids is 1. The number of nitro groups is 1. The number of rotatable bonds is 6. The zero-order chi connectivity index (χ0) is 17.9. The van der Waals surface area contributed by atoms with Crippen molar-refractivity contribution in [1.82, 2.24) is 0 Å². The Labute approximate surface area is 154 Å². The van der Waals surface area contributed by atoms with Crippen molar-refractivity contribution in [3.63, 3.8) is 0 Å². The summed E-state index contributed by atoms with van der Waals surface area (Å²) in [6, 6.07) is 6.93. The van der Waals surface area contributed by atoms with E-state index < -0.39 is 11.5 Å². The molecule has 1 aromatic rings. The second-order valence-electron chi connectivity index (χ2n) is 5.80. The van der Waals surface area contributed by atoms with Crippen LogP contribution in [0.4, 0.5) is 0 Å². The molecule has 0 amide bonds. The molecular weight excluding hydrogens is 368 g/mol. The van der Waals surface area contributed by atoms with Crippen LogP contribution >= 0.6 is 35.1 Å². The van der Waals surface area contributed by atoms with E-state index in [1.165, 1.54) is 11.8 Å². The highest BCUT2D eigenvalue weighted by molar-refractivity contribution is 8.45. The standard InChI is InChI=1S/C16H19ClN2O3S2/c1-4-23-15-18-16(10(2)3,14(20)24-15)13(9-19(21)22)11-6-5-7-12(17)8-11/h5-8,10,13H,4,9H2,1-3H3/t13-,16+/m1/s1. The molecule has 0 aliphatic carbocycles. The van der Waals surface area contributed by atoms with Crippen molar-refractivity contribution < 1.29 is 9.72 Å². The minimum absolute atomic E-state index is 0.125. The summed E-state index contributed by atoms with van der Waals surface area (Å²) in [6.07, 6.45) is 0. The van der Waals surface area contributed by atoms with Gasteiger partial charge in [-0.2, -0.15) is 0 Å². The van der Waals surface area contributed by atoms with Gasteiger partial charge in [-0.25, -0.2) is 0 Å². The maximum atomic E-state index is 12.9. The molecule has 5 nitrogen and oxygen atoms in total. The average molecular weight is 387 g/mol. The molecule has 1 aliphatic heterocycles. The van der Waals surface area contributed by atoms with E-state index >= 15 is 0 Å². The van der Waals surface area contributed by atoms with Gasteiger partial charge in [0.2, 0.25) is 11.7 Å². The third-order valence-electron chi connectivity index (χ3n) is 4.05. The van der Waals surface area contributed by atoms with Crippen molar-refractivity contribution in [1.29, 1.82) is 0 Å². The molecule has 0 aromatic heterocycles. The fraction of sp³-hybridized carbons (Fsp3) is 0.500. The Bertz CT molecular complexity index is 681. The molecule has 0 radical (unpaired) electrons. The van der Waals surface area contributed by atoms with Crippen molar-refractivity contribution in [2.45, 2.75) is 32.2 Å². The average Bonchev–Trinajstić information content (AvgIpc) is 2.82. The molecule has 2 rings (SSSR count). The minimum atomic E-state index is -1.14. The lowest BCUT2D eigenvalue weighted by Crippen LogP contribution is -2.46. The van der Waals surface area contributed by atoms with E-state index in [9.17, 15) is 14.9 Å². The third-order valence-corrected chi connectivity index (χ3v) is 6.29. The summed E-state index contributed by atoms with van der Waals surface area (Å²) < 4.78 is 0.687. The van der Waals surface area contributed by atoms with Gasteiger partial charge < -0.3 is 0 Å². The fourth-order valence-corrected chi connectivity index (χ4v) is 5.34. The number of carbonyl (C=O) groups is 1. The van der Waals surface area contributed by atoms with Gasteiger partial charge in [0.05, 0.1) is 5.92 Å². The number of hydrogen-bond donors (Lipinski definition) is 0. The zero-order valence-corrected chi connectivity index (χ0v) is 16.1. The largest absolute Gasteiger partial charge is 0.284 e. The third kappa shape index (κ3) is 3.78. The lowest BCUT2D eigenvalue weighted by Gasteiger charge is -2.34. The lowest BCUT2D eigenvalue weighted by molar-refractivity contribution is -0.484. The Kier molecular flexibility index (Phi) is 6.33. The smallest absolute Gasteiger partial charge is 0.224 e. The van der Waals surface area contributed by atoms with E-state index in [4.69, 9.17) is 16.6 Å². The molecule has 130 valence electrons. The van der Waals surface area contributed by atoms with E-state index in [1.54, 1.807) is 24.3 Å². The quantitative estimate of drug-likeness (QED) is 0.532. The Morgan fingerprint density at radius 2 is 2.17 bits per heavy atom. The zero-order valence-electron chi connectivity index (χ0n) is 13.7. The molecule has 0 N–H and O–H groups in total. The van der Waals surface area contributed by atoms with Crippen molar-refractivity contribution in [3.8, 4) is 0 Å². The summed E-state index contributed by atoms with van der Waals surface area (Å²) in [5.41, 5.74) is -0.465. The van der Waals surface area contributed by atoms with Crippen LogP contribution < -0.4 is 0 Å². The first-order valence-electron chi connectivity index (χ1n) is 7.63. The van der Waals surface area contributed by atoms with E-state index in [-0.39, 0.29) is 22.5 Å². The van der Waals surface area contributed by atoms with Crippen LogP contribution in [0.2, 0.25) is 5.02 Å². The highest BCUT2D eigenvalue weighted by atomic mass is 35.5. The van der Waals surface area contributed by atoms with Crippen LogP contribution in [0.5, 0.6) is 0 Å². The Balaban J connectivity index is 2.59. The van der Waals surface area contributed by atoms with Gasteiger partial charge >= 0.3 is 0 Å². The van der Waals surface area contributed by atoms with Crippen LogP contribution in [0, 0.1) is 16.0 Å². The molecule has 0 saturated heterocycles. The van der Waals surface area contributed by atoms with E-state index in [1.807, 2.05) is 20.8 Å². The molecule has 1 heterocycles. The number of halogens is 1. The summed E-state index contributed by atoms with van der Waals surface area (Å²) >= 11 is 8.66. The Morgan fingerprint density at radius 3 is 2.71 bits per heavy atom. The van der Waals surface area contributed by atoms with Crippen molar-refractivity contribution in [2.75, 3.05) is 12.3 Å². The van der Waals surface area contributed by atoms with E-state index in [0.29, 0.717) is 15.0 Å². The summed E-state index contributed by atoms with van der Waals surface area (Å²) in [6.45, 7) is 5.40. The van der Waals surface area contributed by atoms with Crippen LogP contribution in [0.3, 0.4) is 0 Å². The highest BCUT2D eigenvalue weighted by Gasteiger charge is 2.55.